The zero-order valence-corrected chi connectivity index (χ0v) is 21.8. The predicted molar refractivity (Wildman–Crippen MR) is 148 cm³/mol. The van der Waals surface area contributed by atoms with Gasteiger partial charge in [0.1, 0.15) is 17.1 Å². The number of unbranched alkanes of at least 4 members (excludes halogenated alkanes) is 1. The van der Waals surface area contributed by atoms with Gasteiger partial charge in [0.2, 0.25) is 0 Å². The first-order valence-electron chi connectivity index (χ1n) is 12.3. The Morgan fingerprint density at radius 1 is 0.889 bits per heavy atom. The summed E-state index contributed by atoms with van der Waals surface area (Å²) < 4.78 is 6.85. The van der Waals surface area contributed by atoms with Crippen LogP contribution in [0.2, 0.25) is 0 Å². The number of fused-ring (bicyclic) bond motifs is 2. The lowest BCUT2D eigenvalue weighted by atomic mass is 10.0. The zero-order valence-electron chi connectivity index (χ0n) is 20.2. The molecule has 1 N–H and O–H groups in total. The average molecular weight is 542 g/mol. The molecule has 0 radical (unpaired) electrons. The molecular weight excluding hydrogens is 514 g/mol. The molecule has 0 aliphatic rings. The summed E-state index contributed by atoms with van der Waals surface area (Å²) >= 11 is 3.48. The Bertz CT molecular complexity index is 1520. The van der Waals surface area contributed by atoms with Crippen molar-refractivity contribution in [3.05, 3.63) is 112 Å². The maximum atomic E-state index is 14.2. The van der Waals surface area contributed by atoms with E-state index in [1.807, 2.05) is 77.7 Å². The van der Waals surface area contributed by atoms with E-state index in [1.165, 1.54) is 0 Å². The molecule has 0 aliphatic carbocycles. The number of hydrogen-bond donors (Lipinski definition) is 1. The fraction of sp³-hybridized carbons (Fsp3) is 0.194. The first-order valence-corrected chi connectivity index (χ1v) is 13.1. The normalized spacial score (nSPS) is 11.3. The molecule has 0 fully saturated rings. The van der Waals surface area contributed by atoms with Crippen LogP contribution in [0.5, 0.6) is 5.75 Å². The predicted octanol–water partition coefficient (Wildman–Crippen LogP) is 8.24. The van der Waals surface area contributed by atoms with Gasteiger partial charge in [-0.1, -0.05) is 80.1 Å². The molecule has 5 aromatic rings. The van der Waals surface area contributed by atoms with Gasteiger partial charge in [-0.15, -0.1) is 0 Å². The molecule has 0 saturated heterocycles. The molecule has 5 rings (SSSR count). The average Bonchev–Trinajstić information content (AvgIpc) is 3.28. The number of nitrogens with zero attached hydrogens (tertiary/aromatic N) is 1. The number of furan rings is 1. The molecule has 0 spiro atoms. The minimum absolute atomic E-state index is 0.0260. The van der Waals surface area contributed by atoms with E-state index in [4.69, 9.17) is 4.42 Å². The fourth-order valence-corrected chi connectivity index (χ4v) is 5.15. The summed E-state index contributed by atoms with van der Waals surface area (Å²) in [4.78, 5) is 16.1. The van der Waals surface area contributed by atoms with E-state index in [0.717, 1.165) is 57.9 Å². The van der Waals surface area contributed by atoms with Crippen molar-refractivity contribution < 1.29 is 14.3 Å². The third-order valence-electron chi connectivity index (χ3n) is 6.51. The van der Waals surface area contributed by atoms with Gasteiger partial charge in [-0.05, 0) is 62.4 Å². The van der Waals surface area contributed by atoms with E-state index in [9.17, 15) is 9.90 Å². The van der Waals surface area contributed by atoms with Crippen LogP contribution in [0.15, 0.2) is 93.8 Å². The second-order valence-electron chi connectivity index (χ2n) is 9.10. The Morgan fingerprint density at radius 3 is 2.44 bits per heavy atom. The number of aryl methyl sites for hydroxylation is 1. The number of aromatic hydroxyl groups is 1. The maximum Gasteiger partial charge on any atom is 0.258 e. The summed E-state index contributed by atoms with van der Waals surface area (Å²) in [6.45, 7) is 3.09. The molecule has 0 atom stereocenters. The standard InChI is InChI=1S/C31H28BrNO3/c1-2-3-12-28-29(25-11-7-8-13-27(25)36-28)31(35)33(19-21-9-5-4-6-10-21)20-22-14-16-24-23(18-22)15-17-26(34)30(24)32/h4-11,13-18,34H,2-3,12,19-20H2,1H3. The largest absolute Gasteiger partial charge is 0.507 e. The number of phenols is 1. The Balaban J connectivity index is 1.55. The summed E-state index contributed by atoms with van der Waals surface area (Å²) in [6, 6.07) is 27.5. The summed E-state index contributed by atoms with van der Waals surface area (Å²) in [6.07, 6.45) is 2.73. The lowest BCUT2D eigenvalue weighted by Crippen LogP contribution is -2.30. The maximum absolute atomic E-state index is 14.2. The third-order valence-corrected chi connectivity index (χ3v) is 7.35. The molecule has 4 nitrogen and oxygen atoms in total. The molecule has 5 heteroatoms. The second kappa shape index (κ2) is 10.6. The SMILES string of the molecule is CCCCc1oc2ccccc2c1C(=O)N(Cc1ccccc1)Cc1ccc2c(Br)c(O)ccc2c1. The van der Waals surface area contributed by atoms with Gasteiger partial charge in [-0.3, -0.25) is 4.79 Å². The van der Waals surface area contributed by atoms with Crippen molar-refractivity contribution in [2.24, 2.45) is 0 Å². The van der Waals surface area contributed by atoms with Crippen LogP contribution in [0.4, 0.5) is 0 Å². The topological polar surface area (TPSA) is 53.7 Å². The highest BCUT2D eigenvalue weighted by Crippen LogP contribution is 2.33. The van der Waals surface area contributed by atoms with Crippen molar-refractivity contribution in [2.75, 3.05) is 0 Å². The van der Waals surface area contributed by atoms with E-state index >= 15 is 0 Å². The van der Waals surface area contributed by atoms with Crippen LogP contribution in [0.25, 0.3) is 21.7 Å². The van der Waals surface area contributed by atoms with Gasteiger partial charge in [0.15, 0.2) is 0 Å². The quantitative estimate of drug-likeness (QED) is 0.215. The number of benzene rings is 4. The van der Waals surface area contributed by atoms with Crippen molar-refractivity contribution in [2.45, 2.75) is 39.3 Å². The van der Waals surface area contributed by atoms with Gasteiger partial charge < -0.3 is 14.4 Å². The minimum atomic E-state index is -0.0260. The van der Waals surface area contributed by atoms with E-state index in [1.54, 1.807) is 6.07 Å². The van der Waals surface area contributed by atoms with Crippen molar-refractivity contribution in [1.29, 1.82) is 0 Å². The van der Waals surface area contributed by atoms with Crippen molar-refractivity contribution in [3.63, 3.8) is 0 Å². The van der Waals surface area contributed by atoms with Gasteiger partial charge in [-0.2, -0.15) is 0 Å². The molecule has 0 aliphatic heterocycles. The van der Waals surface area contributed by atoms with Gasteiger partial charge in [0.25, 0.3) is 5.91 Å². The molecular formula is C31H28BrNO3. The van der Waals surface area contributed by atoms with Crippen LogP contribution in [0.3, 0.4) is 0 Å². The fourth-order valence-electron chi connectivity index (χ4n) is 4.65. The van der Waals surface area contributed by atoms with Crippen LogP contribution in [0.1, 0.15) is 47.0 Å². The lowest BCUT2D eigenvalue weighted by Gasteiger charge is -2.24. The molecule has 36 heavy (non-hydrogen) atoms. The van der Waals surface area contributed by atoms with E-state index in [0.29, 0.717) is 23.1 Å². The number of carbonyl (C=O) groups is 1. The van der Waals surface area contributed by atoms with Gasteiger partial charge in [-0.25, -0.2) is 0 Å². The van der Waals surface area contributed by atoms with Crippen molar-refractivity contribution in [3.8, 4) is 5.75 Å². The number of amides is 1. The first-order chi connectivity index (χ1) is 17.5. The summed E-state index contributed by atoms with van der Waals surface area (Å²) in [7, 11) is 0. The summed E-state index contributed by atoms with van der Waals surface area (Å²) in [5.41, 5.74) is 3.51. The molecule has 0 bridgehead atoms. The number of phenolic OH excluding ortho intramolecular Hbond substituents is 1. The highest BCUT2D eigenvalue weighted by Gasteiger charge is 2.25. The summed E-state index contributed by atoms with van der Waals surface area (Å²) in [5, 5.41) is 12.8. The van der Waals surface area contributed by atoms with Crippen LogP contribution in [-0.4, -0.2) is 15.9 Å². The molecule has 4 aromatic carbocycles. The Hall–Kier alpha value is -3.57. The highest BCUT2D eigenvalue weighted by atomic mass is 79.9. The number of hydrogen-bond acceptors (Lipinski definition) is 3. The third kappa shape index (κ3) is 4.89. The van der Waals surface area contributed by atoms with Crippen molar-refractivity contribution >= 4 is 43.6 Å². The number of carbonyl (C=O) groups excluding carboxylic acids is 1. The van der Waals surface area contributed by atoms with E-state index in [-0.39, 0.29) is 11.7 Å². The van der Waals surface area contributed by atoms with Gasteiger partial charge >= 0.3 is 0 Å². The molecule has 0 unspecified atom stereocenters. The second-order valence-corrected chi connectivity index (χ2v) is 9.89. The first kappa shape index (κ1) is 24.1. The van der Waals surface area contributed by atoms with Gasteiger partial charge in [0, 0.05) is 24.9 Å². The Kier molecular flexibility index (Phi) is 7.10. The Labute approximate surface area is 219 Å². The number of halogens is 1. The monoisotopic (exact) mass is 541 g/mol. The smallest absolute Gasteiger partial charge is 0.258 e. The van der Waals surface area contributed by atoms with E-state index < -0.39 is 0 Å². The van der Waals surface area contributed by atoms with Gasteiger partial charge in [0.05, 0.1) is 10.0 Å². The molecule has 182 valence electrons. The van der Waals surface area contributed by atoms with Crippen LogP contribution in [-0.2, 0) is 19.5 Å². The van der Waals surface area contributed by atoms with Crippen LogP contribution >= 0.6 is 15.9 Å². The number of rotatable bonds is 8. The van der Waals surface area contributed by atoms with Crippen LogP contribution in [0, 0.1) is 0 Å². The lowest BCUT2D eigenvalue weighted by molar-refractivity contribution is 0.0729. The Morgan fingerprint density at radius 2 is 1.64 bits per heavy atom. The molecule has 1 amide bonds. The zero-order chi connectivity index (χ0) is 25.1. The molecule has 0 saturated carbocycles. The van der Waals surface area contributed by atoms with E-state index in [2.05, 4.69) is 28.9 Å². The highest BCUT2D eigenvalue weighted by molar-refractivity contribution is 9.10. The summed E-state index contributed by atoms with van der Waals surface area (Å²) in [5.74, 6) is 0.948. The minimum Gasteiger partial charge on any atom is -0.507 e. The van der Waals surface area contributed by atoms with Crippen molar-refractivity contribution in [1.82, 2.24) is 4.90 Å². The molecule has 1 heterocycles. The molecule has 1 aromatic heterocycles. The van der Waals surface area contributed by atoms with Crippen LogP contribution < -0.4 is 0 Å². The number of para-hydroxylation sites is 1.